The van der Waals surface area contributed by atoms with Crippen molar-refractivity contribution in [3.63, 3.8) is 0 Å². The van der Waals surface area contributed by atoms with E-state index in [0.717, 1.165) is 17.9 Å². The summed E-state index contributed by atoms with van der Waals surface area (Å²) in [4.78, 5) is 10.4. The van der Waals surface area contributed by atoms with E-state index in [2.05, 4.69) is 5.32 Å². The van der Waals surface area contributed by atoms with Crippen molar-refractivity contribution in [3.05, 3.63) is 33.9 Å². The first-order chi connectivity index (χ1) is 9.70. The first-order valence-electron chi connectivity index (χ1n) is 7.23. The maximum atomic E-state index is 10.8. The second-order valence-electron chi connectivity index (χ2n) is 5.37. The van der Waals surface area contributed by atoms with Crippen LogP contribution in [0.1, 0.15) is 37.7 Å². The molecule has 0 atom stereocenters. The quantitative estimate of drug-likeness (QED) is 0.636. The normalized spacial score (nSPS) is 16.1. The van der Waals surface area contributed by atoms with Gasteiger partial charge in [0.15, 0.2) is 0 Å². The summed E-state index contributed by atoms with van der Waals surface area (Å²) >= 11 is 0. The van der Waals surface area contributed by atoms with Gasteiger partial charge in [0.1, 0.15) is 0 Å². The third-order valence-electron chi connectivity index (χ3n) is 3.90. The fraction of sp³-hybridized carbons (Fsp3) is 0.600. The number of nitro benzene ring substituents is 1. The molecule has 0 bridgehead atoms. The van der Waals surface area contributed by atoms with Crippen LogP contribution in [0.25, 0.3) is 0 Å². The van der Waals surface area contributed by atoms with Crippen LogP contribution in [0.2, 0.25) is 0 Å². The highest BCUT2D eigenvalue weighted by Gasteiger charge is 2.14. The average molecular weight is 278 g/mol. The molecule has 5 heteroatoms. The zero-order valence-corrected chi connectivity index (χ0v) is 11.9. The number of ether oxygens (including phenoxy) is 1. The van der Waals surface area contributed by atoms with Crippen molar-refractivity contribution < 1.29 is 9.66 Å². The summed E-state index contributed by atoms with van der Waals surface area (Å²) in [6, 6.07) is 4.83. The van der Waals surface area contributed by atoms with Gasteiger partial charge in [0.05, 0.1) is 11.5 Å². The van der Waals surface area contributed by atoms with E-state index in [-0.39, 0.29) is 10.6 Å². The van der Waals surface area contributed by atoms with E-state index < -0.39 is 0 Å². The number of hydrogen-bond acceptors (Lipinski definition) is 4. The summed E-state index contributed by atoms with van der Waals surface area (Å²) in [6.45, 7) is 1.18. The zero-order valence-electron chi connectivity index (χ0n) is 11.9. The lowest BCUT2D eigenvalue weighted by molar-refractivity contribution is -0.384. The molecule has 1 fully saturated rings. The van der Waals surface area contributed by atoms with Crippen LogP contribution in [0.3, 0.4) is 0 Å². The Balaban J connectivity index is 1.93. The molecule has 1 aromatic rings. The van der Waals surface area contributed by atoms with E-state index in [1.54, 1.807) is 12.1 Å². The van der Waals surface area contributed by atoms with Crippen LogP contribution < -0.4 is 5.32 Å². The van der Waals surface area contributed by atoms with Gasteiger partial charge in [-0.05, 0) is 24.8 Å². The summed E-state index contributed by atoms with van der Waals surface area (Å²) in [5, 5.41) is 13.9. The molecule has 0 spiro atoms. The second kappa shape index (κ2) is 7.24. The molecular formula is C15H22N2O3. The first-order valence-corrected chi connectivity index (χ1v) is 7.23. The van der Waals surface area contributed by atoms with Crippen LogP contribution >= 0.6 is 0 Å². The lowest BCUT2D eigenvalue weighted by Gasteiger charge is -2.21. The van der Waals surface area contributed by atoms with Gasteiger partial charge in [0.2, 0.25) is 0 Å². The highest BCUT2D eigenvalue weighted by Crippen LogP contribution is 2.26. The number of benzene rings is 1. The van der Waals surface area contributed by atoms with Crippen LogP contribution in [0, 0.1) is 16.0 Å². The molecule has 0 amide bonds. The van der Waals surface area contributed by atoms with E-state index in [0.29, 0.717) is 12.5 Å². The summed E-state index contributed by atoms with van der Waals surface area (Å²) in [7, 11) is 1.81. The number of hydrogen-bond donors (Lipinski definition) is 1. The molecule has 1 aliphatic rings. The Labute approximate surface area is 119 Å². The molecule has 1 saturated carbocycles. The molecule has 0 aliphatic heterocycles. The van der Waals surface area contributed by atoms with Gasteiger partial charge in [-0.1, -0.05) is 19.3 Å². The predicted octanol–water partition coefficient (Wildman–Crippen LogP) is 3.73. The van der Waals surface area contributed by atoms with E-state index in [1.165, 1.54) is 38.2 Å². The van der Waals surface area contributed by atoms with Gasteiger partial charge >= 0.3 is 0 Å². The van der Waals surface area contributed by atoms with Gasteiger partial charge in [-0.25, -0.2) is 0 Å². The lowest BCUT2D eigenvalue weighted by Crippen LogP contribution is -2.13. The molecule has 20 heavy (non-hydrogen) atoms. The van der Waals surface area contributed by atoms with Crippen molar-refractivity contribution in [2.24, 2.45) is 5.92 Å². The van der Waals surface area contributed by atoms with Crippen molar-refractivity contribution in [2.45, 2.75) is 38.7 Å². The Bertz CT molecular complexity index is 456. The molecule has 0 heterocycles. The zero-order chi connectivity index (χ0) is 14.4. The van der Waals surface area contributed by atoms with Crippen molar-refractivity contribution in [1.29, 1.82) is 0 Å². The number of nitrogens with one attached hydrogen (secondary N) is 1. The minimum atomic E-state index is -0.371. The third kappa shape index (κ3) is 3.93. The topological polar surface area (TPSA) is 64.4 Å². The van der Waals surface area contributed by atoms with Gasteiger partial charge in [-0.3, -0.25) is 10.1 Å². The Morgan fingerprint density at radius 1 is 1.35 bits per heavy atom. The van der Waals surface area contributed by atoms with E-state index >= 15 is 0 Å². The third-order valence-corrected chi connectivity index (χ3v) is 3.90. The standard InChI is InChI=1S/C15H22N2O3/c1-16-15-8-7-14(17(18)19)9-13(15)11-20-10-12-5-3-2-4-6-12/h7-9,12,16H,2-6,10-11H2,1H3. The molecule has 2 rings (SSSR count). The largest absolute Gasteiger partial charge is 0.388 e. The Morgan fingerprint density at radius 3 is 2.75 bits per heavy atom. The van der Waals surface area contributed by atoms with Crippen LogP contribution in [0.5, 0.6) is 0 Å². The van der Waals surface area contributed by atoms with E-state index in [1.807, 2.05) is 7.05 Å². The summed E-state index contributed by atoms with van der Waals surface area (Å²) in [6.07, 6.45) is 6.42. The van der Waals surface area contributed by atoms with Crippen LogP contribution in [0.15, 0.2) is 18.2 Å². The Kier molecular flexibility index (Phi) is 5.35. The summed E-state index contributed by atoms with van der Waals surface area (Å²) < 4.78 is 5.77. The first kappa shape index (κ1) is 14.8. The van der Waals surface area contributed by atoms with Crippen molar-refractivity contribution >= 4 is 11.4 Å². The number of anilines is 1. The number of non-ortho nitro benzene ring substituents is 1. The number of rotatable bonds is 6. The van der Waals surface area contributed by atoms with Crippen LogP contribution in [-0.2, 0) is 11.3 Å². The van der Waals surface area contributed by atoms with Gasteiger partial charge in [-0.15, -0.1) is 0 Å². The average Bonchev–Trinajstić information content (AvgIpc) is 2.48. The molecule has 0 radical (unpaired) electrons. The van der Waals surface area contributed by atoms with Crippen molar-refractivity contribution in [2.75, 3.05) is 19.0 Å². The van der Waals surface area contributed by atoms with Crippen LogP contribution in [-0.4, -0.2) is 18.6 Å². The maximum absolute atomic E-state index is 10.8. The van der Waals surface area contributed by atoms with Crippen LogP contribution in [0.4, 0.5) is 11.4 Å². The fourth-order valence-electron chi connectivity index (χ4n) is 2.75. The molecule has 0 saturated heterocycles. The highest BCUT2D eigenvalue weighted by atomic mass is 16.6. The van der Waals surface area contributed by atoms with E-state index in [9.17, 15) is 10.1 Å². The fourth-order valence-corrected chi connectivity index (χ4v) is 2.75. The van der Waals surface area contributed by atoms with Gasteiger partial charge < -0.3 is 10.1 Å². The summed E-state index contributed by atoms with van der Waals surface area (Å²) in [5.74, 6) is 0.653. The highest BCUT2D eigenvalue weighted by molar-refractivity contribution is 5.55. The molecule has 1 aliphatic carbocycles. The van der Waals surface area contributed by atoms with E-state index in [4.69, 9.17) is 4.74 Å². The Hall–Kier alpha value is -1.62. The summed E-state index contributed by atoms with van der Waals surface area (Å²) in [5.41, 5.74) is 1.84. The maximum Gasteiger partial charge on any atom is 0.269 e. The van der Waals surface area contributed by atoms with Crippen molar-refractivity contribution in [3.8, 4) is 0 Å². The molecule has 1 N–H and O–H groups in total. The van der Waals surface area contributed by atoms with Crippen molar-refractivity contribution in [1.82, 2.24) is 0 Å². The van der Waals surface area contributed by atoms with Gasteiger partial charge in [0, 0.05) is 37.0 Å². The van der Waals surface area contributed by atoms with Gasteiger partial charge in [0.25, 0.3) is 5.69 Å². The smallest absolute Gasteiger partial charge is 0.269 e. The minimum absolute atomic E-state index is 0.111. The SMILES string of the molecule is CNc1ccc([N+](=O)[O-])cc1COCC1CCCCC1. The Morgan fingerprint density at radius 2 is 2.10 bits per heavy atom. The lowest BCUT2D eigenvalue weighted by atomic mass is 9.90. The minimum Gasteiger partial charge on any atom is -0.388 e. The molecule has 0 aromatic heterocycles. The monoisotopic (exact) mass is 278 g/mol. The number of nitro groups is 1. The molecule has 110 valence electrons. The van der Waals surface area contributed by atoms with Gasteiger partial charge in [-0.2, -0.15) is 0 Å². The molecule has 0 unspecified atom stereocenters. The molecule has 1 aromatic carbocycles. The predicted molar refractivity (Wildman–Crippen MR) is 78.9 cm³/mol. The number of nitrogens with zero attached hydrogens (tertiary/aromatic N) is 1. The second-order valence-corrected chi connectivity index (χ2v) is 5.37. The molecule has 5 nitrogen and oxygen atoms in total. The molecular weight excluding hydrogens is 256 g/mol.